The zero-order valence-electron chi connectivity index (χ0n) is 25.7. The third-order valence-electron chi connectivity index (χ3n) is 9.30. The van der Waals surface area contributed by atoms with Gasteiger partial charge >= 0.3 is 0 Å². The second kappa shape index (κ2) is 9.12. The topological polar surface area (TPSA) is 40.8 Å². The highest BCUT2D eigenvalue weighted by molar-refractivity contribution is 6.14. The van der Waals surface area contributed by atoms with Gasteiger partial charge in [-0.1, -0.05) is 83.1 Å². The Morgan fingerprint density at radius 3 is 2.23 bits per heavy atom. The average molecular weight is 566 g/mol. The van der Waals surface area contributed by atoms with Crippen LogP contribution in [-0.2, 0) is 17.9 Å². The monoisotopic (exact) mass is 565 g/mol. The highest BCUT2D eigenvalue weighted by Gasteiger charge is 2.36. The molecule has 0 N–H and O–H groups in total. The molecule has 4 aromatic carbocycles. The zero-order valence-corrected chi connectivity index (χ0v) is 25.7. The molecular weight excluding hydrogens is 531 g/mol. The minimum atomic E-state index is -0.362. The molecule has 0 amide bonds. The summed E-state index contributed by atoms with van der Waals surface area (Å²) in [5.74, 6) is -0.226. The third-order valence-corrected chi connectivity index (χ3v) is 9.30. The fraction of sp³-hybridized carbons (Fsp3) is 0.231. The van der Waals surface area contributed by atoms with Gasteiger partial charge in [0.1, 0.15) is 18.2 Å². The van der Waals surface area contributed by atoms with Crippen LogP contribution in [0.5, 0.6) is 0 Å². The highest BCUT2D eigenvalue weighted by atomic mass is 19.1. The van der Waals surface area contributed by atoms with Gasteiger partial charge < -0.3 is 4.42 Å². The minimum Gasteiger partial charge on any atom is -0.454 e. The maximum absolute atomic E-state index is 15.1. The van der Waals surface area contributed by atoms with Crippen molar-refractivity contribution in [2.24, 2.45) is 7.05 Å². The Hall–Kier alpha value is -4.75. The molecule has 0 atom stereocenters. The van der Waals surface area contributed by atoms with Crippen LogP contribution in [-0.4, -0.2) is 0 Å². The summed E-state index contributed by atoms with van der Waals surface area (Å²) in [6.07, 6.45) is 1.56. The number of pyridine rings is 1. The maximum Gasteiger partial charge on any atom is 0.216 e. The van der Waals surface area contributed by atoms with Crippen molar-refractivity contribution in [2.75, 3.05) is 0 Å². The summed E-state index contributed by atoms with van der Waals surface area (Å²) in [6, 6.07) is 27.6. The van der Waals surface area contributed by atoms with Gasteiger partial charge in [0.25, 0.3) is 0 Å². The number of rotatable bonds is 2. The second-order valence-electron chi connectivity index (χ2n) is 13.4. The number of furan rings is 1. The first-order valence-corrected chi connectivity index (χ1v) is 14.8. The van der Waals surface area contributed by atoms with Crippen molar-refractivity contribution in [3.05, 3.63) is 113 Å². The van der Waals surface area contributed by atoms with E-state index in [9.17, 15) is 5.26 Å². The molecule has 0 saturated heterocycles. The van der Waals surface area contributed by atoms with Crippen LogP contribution >= 0.6 is 0 Å². The van der Waals surface area contributed by atoms with Crippen molar-refractivity contribution in [1.82, 2.24) is 0 Å². The summed E-state index contributed by atoms with van der Waals surface area (Å²) in [6.45, 7) is 12.7. The second-order valence-corrected chi connectivity index (χ2v) is 13.4. The van der Waals surface area contributed by atoms with Crippen LogP contribution in [0.3, 0.4) is 0 Å². The average Bonchev–Trinajstić information content (AvgIpc) is 3.44. The predicted octanol–water partition coefficient (Wildman–Crippen LogP) is 9.67. The largest absolute Gasteiger partial charge is 0.454 e. The highest BCUT2D eigenvalue weighted by Crippen LogP contribution is 2.50. The van der Waals surface area contributed by atoms with Crippen LogP contribution in [0.25, 0.3) is 55.4 Å². The molecule has 2 aromatic heterocycles. The Bertz CT molecular complexity index is 2190. The summed E-state index contributed by atoms with van der Waals surface area (Å²) in [7, 11) is 1.87. The van der Waals surface area contributed by atoms with Crippen molar-refractivity contribution in [3.63, 3.8) is 0 Å². The van der Waals surface area contributed by atoms with Gasteiger partial charge in [0, 0.05) is 33.4 Å². The summed E-state index contributed by atoms with van der Waals surface area (Å²) in [5, 5.41) is 12.2. The summed E-state index contributed by atoms with van der Waals surface area (Å²) in [4.78, 5) is 0. The number of nitriles is 1. The fourth-order valence-corrected chi connectivity index (χ4v) is 7.00. The molecule has 43 heavy (non-hydrogen) atoms. The van der Waals surface area contributed by atoms with Gasteiger partial charge in [0.05, 0.1) is 17.2 Å². The zero-order chi connectivity index (χ0) is 30.4. The van der Waals surface area contributed by atoms with E-state index >= 15 is 4.39 Å². The maximum atomic E-state index is 15.1. The van der Waals surface area contributed by atoms with E-state index in [0.717, 1.165) is 44.3 Å². The van der Waals surface area contributed by atoms with Crippen LogP contribution in [0.15, 0.2) is 83.4 Å². The van der Waals surface area contributed by atoms with E-state index in [1.165, 1.54) is 22.3 Å². The molecular formula is C39H34FN2O+. The Morgan fingerprint density at radius 1 is 0.837 bits per heavy atom. The number of aryl methyl sites for hydroxylation is 2. The number of hydrogen-bond acceptors (Lipinski definition) is 2. The molecule has 3 nitrogen and oxygen atoms in total. The smallest absolute Gasteiger partial charge is 0.216 e. The summed E-state index contributed by atoms with van der Waals surface area (Å²) < 4.78 is 23.8. The molecule has 7 rings (SSSR count). The molecule has 0 radical (unpaired) electrons. The molecule has 0 spiro atoms. The molecule has 0 saturated carbocycles. The standard InChI is InChI=1S/C39H34FN2O/c1-22-12-15-27-28-17-14-24(20-41)35(23-13-16-26-25-10-8-9-11-29(25)39(5,6)30(26)18-23)37(28)43-36(27)34(22)33-19-31(38(2,3)4)32(40)21-42(33)7/h8-19,21H,1-7H3/q+1. The van der Waals surface area contributed by atoms with Crippen LogP contribution in [0, 0.1) is 24.1 Å². The van der Waals surface area contributed by atoms with Gasteiger partial charge in [0.2, 0.25) is 11.9 Å². The van der Waals surface area contributed by atoms with Crippen molar-refractivity contribution < 1.29 is 13.4 Å². The van der Waals surface area contributed by atoms with Crippen LogP contribution in [0.2, 0.25) is 0 Å². The lowest BCUT2D eigenvalue weighted by Gasteiger charge is -2.22. The molecule has 1 aliphatic rings. The van der Waals surface area contributed by atoms with E-state index in [2.05, 4.69) is 81.4 Å². The van der Waals surface area contributed by atoms with E-state index in [1.807, 2.05) is 50.6 Å². The van der Waals surface area contributed by atoms with E-state index in [4.69, 9.17) is 4.42 Å². The van der Waals surface area contributed by atoms with Gasteiger partial charge in [0.15, 0.2) is 5.82 Å². The Labute approximate surface area is 251 Å². The van der Waals surface area contributed by atoms with Crippen molar-refractivity contribution in [3.8, 4) is 39.6 Å². The molecule has 0 aliphatic heterocycles. The molecule has 0 fully saturated rings. The van der Waals surface area contributed by atoms with Gasteiger partial charge in [-0.3, -0.25) is 0 Å². The lowest BCUT2D eigenvalue weighted by Crippen LogP contribution is -2.33. The van der Waals surface area contributed by atoms with E-state index < -0.39 is 0 Å². The molecule has 2 heterocycles. The number of fused-ring (bicyclic) bond motifs is 6. The Kier molecular flexibility index (Phi) is 5.75. The van der Waals surface area contributed by atoms with Gasteiger partial charge in [-0.05, 0) is 63.9 Å². The first kappa shape index (κ1) is 27.1. The van der Waals surface area contributed by atoms with E-state index in [0.29, 0.717) is 16.7 Å². The molecule has 0 unspecified atom stereocenters. The summed E-state index contributed by atoms with van der Waals surface area (Å²) >= 11 is 0. The predicted molar refractivity (Wildman–Crippen MR) is 171 cm³/mol. The quantitative estimate of drug-likeness (QED) is 0.196. The van der Waals surface area contributed by atoms with E-state index in [-0.39, 0.29) is 16.6 Å². The molecule has 0 bridgehead atoms. The SMILES string of the molecule is Cc1ccc2c(oc3c(-c4ccc5c(c4)C(C)(C)c4ccccc4-5)c(C#N)ccc32)c1-c1cc(C(C)(C)C)c(F)c[n+]1C. The van der Waals surface area contributed by atoms with Crippen LogP contribution < -0.4 is 4.57 Å². The van der Waals surface area contributed by atoms with Crippen molar-refractivity contribution >= 4 is 21.9 Å². The van der Waals surface area contributed by atoms with Crippen molar-refractivity contribution in [2.45, 2.75) is 52.4 Å². The summed E-state index contributed by atoms with van der Waals surface area (Å²) in [5.41, 5.74) is 11.8. The Morgan fingerprint density at radius 2 is 1.51 bits per heavy atom. The normalized spacial score (nSPS) is 13.7. The fourth-order valence-electron chi connectivity index (χ4n) is 7.00. The first-order chi connectivity index (χ1) is 20.4. The molecule has 6 aromatic rings. The Balaban J connectivity index is 1.51. The number of nitrogens with zero attached hydrogens (tertiary/aromatic N) is 2. The molecule has 212 valence electrons. The lowest BCUT2D eigenvalue weighted by atomic mass is 9.81. The first-order valence-electron chi connectivity index (χ1n) is 14.8. The van der Waals surface area contributed by atoms with Gasteiger partial charge in [-0.25, -0.2) is 4.39 Å². The molecule has 1 aliphatic carbocycles. The number of benzene rings is 4. The lowest BCUT2D eigenvalue weighted by molar-refractivity contribution is -0.662. The number of halogens is 1. The minimum absolute atomic E-state index is 0.164. The van der Waals surface area contributed by atoms with Gasteiger partial charge in [-0.2, -0.15) is 9.83 Å². The van der Waals surface area contributed by atoms with Crippen LogP contribution in [0.1, 0.15) is 62.4 Å². The number of aromatic nitrogens is 1. The number of hydrogen-bond donors (Lipinski definition) is 0. The third kappa shape index (κ3) is 3.88. The van der Waals surface area contributed by atoms with Gasteiger partial charge in [-0.15, -0.1) is 0 Å². The van der Waals surface area contributed by atoms with Crippen molar-refractivity contribution in [1.29, 1.82) is 5.26 Å². The van der Waals surface area contributed by atoms with E-state index in [1.54, 1.807) is 6.20 Å². The molecule has 4 heteroatoms. The van der Waals surface area contributed by atoms with Crippen LogP contribution in [0.4, 0.5) is 4.39 Å².